The summed E-state index contributed by atoms with van der Waals surface area (Å²) < 4.78 is 18.6. The molecule has 1 aliphatic rings. The van der Waals surface area contributed by atoms with Crippen molar-refractivity contribution < 1.29 is 13.6 Å². The van der Waals surface area contributed by atoms with E-state index in [1.807, 2.05) is 0 Å². The molecule has 2 heterocycles. The lowest BCUT2D eigenvalue weighted by atomic mass is 9.92. The first-order valence-electron chi connectivity index (χ1n) is 7.02. The smallest absolute Gasteiger partial charge is 0.225 e. The number of halogens is 1. The van der Waals surface area contributed by atoms with Crippen molar-refractivity contribution in [3.63, 3.8) is 0 Å². The maximum Gasteiger partial charge on any atom is 0.225 e. The van der Waals surface area contributed by atoms with Gasteiger partial charge in [-0.25, -0.2) is 4.39 Å². The fourth-order valence-corrected chi connectivity index (χ4v) is 3.47. The van der Waals surface area contributed by atoms with E-state index < -0.39 is 0 Å². The molecule has 1 aliphatic heterocycles. The zero-order valence-corrected chi connectivity index (χ0v) is 12.9. The highest BCUT2D eigenvalue weighted by Crippen LogP contribution is 2.36. The number of allylic oxidation sites excluding steroid dienone is 1. The first-order chi connectivity index (χ1) is 11.2. The van der Waals surface area contributed by atoms with Crippen molar-refractivity contribution in [3.8, 4) is 6.07 Å². The van der Waals surface area contributed by atoms with E-state index in [1.54, 1.807) is 24.3 Å². The zero-order chi connectivity index (χ0) is 16.2. The summed E-state index contributed by atoms with van der Waals surface area (Å²) in [6.07, 6.45) is 1.71. The molecule has 4 nitrogen and oxygen atoms in total. The standard InChI is InChI=1S/C17H13FN2O2S/c18-12-4-1-3-11(7-12)10-23-17-14(9-19)13(8-16(21)20-17)15-5-2-6-22-15/h1-7,13H,8,10H2,(H,20,21)/t13-/m0/s1. The molecule has 1 aromatic heterocycles. The van der Waals surface area contributed by atoms with Crippen LogP contribution >= 0.6 is 11.8 Å². The molecule has 0 saturated carbocycles. The Morgan fingerprint density at radius 1 is 1.39 bits per heavy atom. The summed E-state index contributed by atoms with van der Waals surface area (Å²) in [7, 11) is 0. The summed E-state index contributed by atoms with van der Waals surface area (Å²) in [6, 6.07) is 11.9. The van der Waals surface area contributed by atoms with Gasteiger partial charge in [0.15, 0.2) is 0 Å². The predicted molar refractivity (Wildman–Crippen MR) is 84.5 cm³/mol. The molecule has 6 heteroatoms. The molecule has 1 aromatic carbocycles. The summed E-state index contributed by atoms with van der Waals surface area (Å²) in [6.45, 7) is 0. The monoisotopic (exact) mass is 328 g/mol. The molecule has 23 heavy (non-hydrogen) atoms. The number of hydrogen-bond acceptors (Lipinski definition) is 4. The lowest BCUT2D eigenvalue weighted by molar-refractivity contribution is -0.120. The molecule has 0 unspecified atom stereocenters. The Bertz CT molecular complexity index is 793. The van der Waals surface area contributed by atoms with Gasteiger partial charge in [0.05, 0.1) is 28.9 Å². The number of hydrogen-bond donors (Lipinski definition) is 1. The normalized spacial score (nSPS) is 17.7. The number of furan rings is 1. The molecule has 0 radical (unpaired) electrons. The van der Waals surface area contributed by atoms with E-state index in [9.17, 15) is 14.4 Å². The van der Waals surface area contributed by atoms with Gasteiger partial charge in [0, 0.05) is 12.2 Å². The van der Waals surface area contributed by atoms with Gasteiger partial charge in [-0.15, -0.1) is 11.8 Å². The molecule has 0 fully saturated rings. The Balaban J connectivity index is 1.85. The third kappa shape index (κ3) is 3.46. The minimum Gasteiger partial charge on any atom is -0.469 e. The number of thioether (sulfide) groups is 1. The van der Waals surface area contributed by atoms with Gasteiger partial charge in [-0.3, -0.25) is 4.79 Å². The average Bonchev–Trinajstić information content (AvgIpc) is 3.06. The van der Waals surface area contributed by atoms with Crippen molar-refractivity contribution in [2.24, 2.45) is 0 Å². The fourth-order valence-electron chi connectivity index (χ4n) is 2.45. The molecule has 1 amide bonds. The maximum atomic E-state index is 13.2. The summed E-state index contributed by atoms with van der Waals surface area (Å²) in [4.78, 5) is 11.9. The third-order valence-corrected chi connectivity index (χ3v) is 4.60. The number of benzene rings is 1. The van der Waals surface area contributed by atoms with Gasteiger partial charge in [0.25, 0.3) is 0 Å². The van der Waals surface area contributed by atoms with Crippen molar-refractivity contribution >= 4 is 17.7 Å². The van der Waals surface area contributed by atoms with Gasteiger partial charge in [-0.05, 0) is 29.8 Å². The fraction of sp³-hybridized carbons (Fsp3) is 0.176. The number of nitrogens with one attached hydrogen (secondary N) is 1. The first kappa shape index (κ1) is 15.4. The van der Waals surface area contributed by atoms with Gasteiger partial charge in [0.2, 0.25) is 5.91 Å². The SMILES string of the molecule is N#CC1=C(SCc2cccc(F)c2)NC(=O)C[C@@H]1c1ccco1. The highest BCUT2D eigenvalue weighted by Gasteiger charge is 2.31. The zero-order valence-electron chi connectivity index (χ0n) is 12.1. The number of carbonyl (C=O) groups excluding carboxylic acids is 1. The van der Waals surface area contributed by atoms with E-state index in [1.165, 1.54) is 30.2 Å². The molecule has 0 saturated heterocycles. The number of nitriles is 1. The second kappa shape index (κ2) is 6.71. The van der Waals surface area contributed by atoms with E-state index >= 15 is 0 Å². The van der Waals surface area contributed by atoms with Crippen molar-refractivity contribution in [2.75, 3.05) is 0 Å². The van der Waals surface area contributed by atoms with Crippen LogP contribution in [0.25, 0.3) is 0 Å². The van der Waals surface area contributed by atoms with Crippen molar-refractivity contribution in [2.45, 2.75) is 18.1 Å². The van der Waals surface area contributed by atoms with Crippen molar-refractivity contribution in [1.29, 1.82) is 5.26 Å². The topological polar surface area (TPSA) is 66.0 Å². The number of nitrogens with zero attached hydrogens (tertiary/aromatic N) is 1. The number of rotatable bonds is 4. The van der Waals surface area contributed by atoms with E-state index in [-0.39, 0.29) is 24.1 Å². The average molecular weight is 328 g/mol. The second-order valence-electron chi connectivity index (χ2n) is 5.09. The Morgan fingerprint density at radius 2 is 2.26 bits per heavy atom. The Hall–Kier alpha value is -2.52. The van der Waals surface area contributed by atoms with Crippen LogP contribution in [0.2, 0.25) is 0 Å². The highest BCUT2D eigenvalue weighted by molar-refractivity contribution is 8.02. The Kier molecular flexibility index (Phi) is 4.49. The van der Waals surface area contributed by atoms with Crippen LogP contribution in [-0.2, 0) is 10.5 Å². The first-order valence-corrected chi connectivity index (χ1v) is 8.00. The Labute approximate surface area is 137 Å². The van der Waals surface area contributed by atoms with Crippen LogP contribution in [-0.4, -0.2) is 5.91 Å². The Morgan fingerprint density at radius 3 is 2.96 bits per heavy atom. The number of amides is 1. The lowest BCUT2D eigenvalue weighted by Gasteiger charge is -2.23. The second-order valence-corrected chi connectivity index (χ2v) is 6.08. The van der Waals surface area contributed by atoms with Crippen LogP contribution < -0.4 is 5.32 Å². The highest BCUT2D eigenvalue weighted by atomic mass is 32.2. The number of carbonyl (C=O) groups is 1. The molecular formula is C17H13FN2O2S. The van der Waals surface area contributed by atoms with Crippen molar-refractivity contribution in [1.82, 2.24) is 5.32 Å². The minimum absolute atomic E-state index is 0.160. The molecule has 2 aromatic rings. The summed E-state index contributed by atoms with van der Waals surface area (Å²) in [5, 5.41) is 12.7. The molecular weight excluding hydrogens is 315 g/mol. The van der Waals surface area contributed by atoms with Crippen LogP contribution in [0.4, 0.5) is 4.39 Å². The van der Waals surface area contributed by atoms with E-state index in [0.29, 0.717) is 22.1 Å². The quantitative estimate of drug-likeness (QED) is 0.929. The molecule has 0 bridgehead atoms. The minimum atomic E-state index is -0.376. The molecule has 1 atom stereocenters. The maximum absolute atomic E-state index is 13.2. The third-order valence-electron chi connectivity index (χ3n) is 3.51. The van der Waals surface area contributed by atoms with Gasteiger partial charge in [-0.2, -0.15) is 5.26 Å². The largest absolute Gasteiger partial charge is 0.469 e. The van der Waals surface area contributed by atoms with Crippen LogP contribution in [0.1, 0.15) is 23.7 Å². The van der Waals surface area contributed by atoms with Crippen LogP contribution in [0.15, 0.2) is 57.7 Å². The van der Waals surface area contributed by atoms with Gasteiger partial charge >= 0.3 is 0 Å². The molecule has 1 N–H and O–H groups in total. The van der Waals surface area contributed by atoms with Crippen molar-refractivity contribution in [3.05, 3.63) is 70.4 Å². The molecule has 0 aliphatic carbocycles. The van der Waals surface area contributed by atoms with Gasteiger partial charge in [0.1, 0.15) is 11.6 Å². The molecule has 116 valence electrons. The lowest BCUT2D eigenvalue weighted by Crippen LogP contribution is -2.30. The molecule has 0 spiro atoms. The summed E-state index contributed by atoms with van der Waals surface area (Å²) >= 11 is 1.31. The molecule has 3 rings (SSSR count). The predicted octanol–water partition coefficient (Wildman–Crippen LogP) is 3.69. The van der Waals surface area contributed by atoms with E-state index in [4.69, 9.17) is 4.42 Å². The van der Waals surface area contributed by atoms with E-state index in [2.05, 4.69) is 11.4 Å². The summed E-state index contributed by atoms with van der Waals surface area (Å²) in [5.74, 6) is 0.216. The van der Waals surface area contributed by atoms with Gasteiger partial charge < -0.3 is 9.73 Å². The summed E-state index contributed by atoms with van der Waals surface area (Å²) in [5.41, 5.74) is 1.26. The van der Waals surface area contributed by atoms with Crippen LogP contribution in [0, 0.1) is 17.1 Å². The van der Waals surface area contributed by atoms with Gasteiger partial charge in [-0.1, -0.05) is 12.1 Å². The van der Waals surface area contributed by atoms with E-state index in [0.717, 1.165) is 5.56 Å². The van der Waals surface area contributed by atoms with Crippen LogP contribution in [0.3, 0.4) is 0 Å². The van der Waals surface area contributed by atoms with Crippen LogP contribution in [0.5, 0.6) is 0 Å².